The lowest BCUT2D eigenvalue weighted by molar-refractivity contribution is 0.0150. The average Bonchev–Trinajstić information content (AvgIpc) is 2.95. The molecule has 110 valence electrons. The highest BCUT2D eigenvalue weighted by Gasteiger charge is 2.34. The number of hydrogen-bond acceptors (Lipinski definition) is 5. The van der Waals surface area contributed by atoms with Crippen molar-refractivity contribution in [2.24, 2.45) is 0 Å². The van der Waals surface area contributed by atoms with Crippen molar-refractivity contribution in [2.45, 2.75) is 6.10 Å². The molecule has 4 rings (SSSR count). The van der Waals surface area contributed by atoms with Crippen LogP contribution in [0.15, 0.2) is 42.9 Å². The van der Waals surface area contributed by atoms with Gasteiger partial charge in [0.25, 0.3) is 5.91 Å². The highest BCUT2D eigenvalue weighted by atomic mass is 16.5. The van der Waals surface area contributed by atoms with Crippen LogP contribution in [0.3, 0.4) is 0 Å². The van der Waals surface area contributed by atoms with Gasteiger partial charge in [-0.05, 0) is 12.1 Å². The van der Waals surface area contributed by atoms with Crippen molar-refractivity contribution in [3.63, 3.8) is 0 Å². The molecule has 1 N–H and O–H groups in total. The van der Waals surface area contributed by atoms with Crippen molar-refractivity contribution in [1.82, 2.24) is 24.8 Å². The van der Waals surface area contributed by atoms with Gasteiger partial charge in [0.1, 0.15) is 6.10 Å². The number of imidazole rings is 1. The van der Waals surface area contributed by atoms with Crippen molar-refractivity contribution in [1.29, 1.82) is 0 Å². The smallest absolute Gasteiger partial charge is 0.289 e. The molecule has 7 nitrogen and oxygen atoms in total. The van der Waals surface area contributed by atoms with Gasteiger partial charge in [-0.1, -0.05) is 12.1 Å². The molecule has 0 aliphatic carbocycles. The lowest BCUT2D eigenvalue weighted by Crippen LogP contribution is -2.56. The Balaban J connectivity index is 1.41. The molecular formula is C15H13N5O2. The normalized spacial score (nSPS) is 14.8. The molecule has 1 aliphatic heterocycles. The molecule has 1 aromatic carbocycles. The van der Waals surface area contributed by atoms with E-state index in [0.29, 0.717) is 24.8 Å². The second-order valence-electron chi connectivity index (χ2n) is 5.10. The van der Waals surface area contributed by atoms with Crippen LogP contribution in [0.1, 0.15) is 10.6 Å². The number of benzene rings is 1. The highest BCUT2D eigenvalue weighted by molar-refractivity contribution is 5.94. The zero-order valence-corrected chi connectivity index (χ0v) is 11.6. The minimum atomic E-state index is -0.116. The zero-order valence-electron chi connectivity index (χ0n) is 11.6. The van der Waals surface area contributed by atoms with Crippen molar-refractivity contribution < 1.29 is 9.53 Å². The van der Waals surface area contributed by atoms with Crippen LogP contribution in [-0.2, 0) is 0 Å². The maximum absolute atomic E-state index is 12.3. The SMILES string of the molecule is O=C(c1nc2ccccc2[nH]1)N1CC(Oc2cnccn2)C1. The largest absolute Gasteiger partial charge is 0.469 e. The van der Waals surface area contributed by atoms with Crippen molar-refractivity contribution in [2.75, 3.05) is 13.1 Å². The number of hydrogen-bond donors (Lipinski definition) is 1. The number of carbonyl (C=O) groups is 1. The number of aromatic nitrogens is 4. The van der Waals surface area contributed by atoms with Crippen LogP contribution >= 0.6 is 0 Å². The molecule has 7 heteroatoms. The number of likely N-dealkylation sites (tertiary alicyclic amines) is 1. The number of aromatic amines is 1. The van der Waals surface area contributed by atoms with Gasteiger partial charge in [0.05, 0.1) is 30.3 Å². The Morgan fingerprint density at radius 3 is 2.91 bits per heavy atom. The van der Waals surface area contributed by atoms with Gasteiger partial charge in [-0.25, -0.2) is 9.97 Å². The summed E-state index contributed by atoms with van der Waals surface area (Å²) in [6, 6.07) is 7.57. The van der Waals surface area contributed by atoms with E-state index in [9.17, 15) is 4.79 Å². The number of carbonyl (C=O) groups excluding carboxylic acids is 1. The molecule has 1 saturated heterocycles. The Bertz CT molecular complexity index is 778. The van der Waals surface area contributed by atoms with Gasteiger partial charge in [-0.2, -0.15) is 0 Å². The van der Waals surface area contributed by atoms with E-state index in [0.717, 1.165) is 11.0 Å². The van der Waals surface area contributed by atoms with Crippen molar-refractivity contribution >= 4 is 16.9 Å². The maximum atomic E-state index is 12.3. The molecule has 1 amide bonds. The Kier molecular flexibility index (Phi) is 2.96. The molecule has 0 saturated carbocycles. The van der Waals surface area contributed by atoms with Gasteiger partial charge in [0.15, 0.2) is 5.82 Å². The molecule has 1 fully saturated rings. The number of ether oxygens (including phenoxy) is 1. The summed E-state index contributed by atoms with van der Waals surface area (Å²) in [5, 5.41) is 0. The van der Waals surface area contributed by atoms with Crippen LogP contribution in [0.2, 0.25) is 0 Å². The second-order valence-corrected chi connectivity index (χ2v) is 5.10. The molecular weight excluding hydrogens is 282 g/mol. The number of nitrogens with zero attached hydrogens (tertiary/aromatic N) is 4. The predicted octanol–water partition coefficient (Wildman–Crippen LogP) is 1.26. The van der Waals surface area contributed by atoms with Gasteiger partial charge < -0.3 is 14.6 Å². The van der Waals surface area contributed by atoms with E-state index < -0.39 is 0 Å². The quantitative estimate of drug-likeness (QED) is 0.786. The third-order valence-electron chi connectivity index (χ3n) is 3.55. The summed E-state index contributed by atoms with van der Waals surface area (Å²) >= 11 is 0. The highest BCUT2D eigenvalue weighted by Crippen LogP contribution is 2.18. The van der Waals surface area contributed by atoms with E-state index in [1.807, 2.05) is 24.3 Å². The number of fused-ring (bicyclic) bond motifs is 1. The van der Waals surface area contributed by atoms with E-state index in [1.165, 1.54) is 0 Å². The van der Waals surface area contributed by atoms with Crippen LogP contribution < -0.4 is 4.74 Å². The Morgan fingerprint density at radius 1 is 1.27 bits per heavy atom. The first-order valence-corrected chi connectivity index (χ1v) is 6.96. The second kappa shape index (κ2) is 5.10. The summed E-state index contributed by atoms with van der Waals surface area (Å²) in [7, 11) is 0. The monoisotopic (exact) mass is 295 g/mol. The van der Waals surface area contributed by atoms with Crippen LogP contribution in [0.5, 0.6) is 5.88 Å². The first kappa shape index (κ1) is 12.8. The molecule has 1 aliphatic rings. The van der Waals surface area contributed by atoms with Gasteiger partial charge >= 0.3 is 0 Å². The maximum Gasteiger partial charge on any atom is 0.289 e. The van der Waals surface area contributed by atoms with E-state index in [2.05, 4.69) is 19.9 Å². The van der Waals surface area contributed by atoms with Gasteiger partial charge in [0.2, 0.25) is 5.88 Å². The third kappa shape index (κ3) is 2.26. The Morgan fingerprint density at radius 2 is 2.14 bits per heavy atom. The number of amides is 1. The molecule has 0 radical (unpaired) electrons. The topological polar surface area (TPSA) is 84.0 Å². The predicted molar refractivity (Wildman–Crippen MR) is 78.4 cm³/mol. The number of H-pyrrole nitrogens is 1. The van der Waals surface area contributed by atoms with Crippen LogP contribution in [0.25, 0.3) is 11.0 Å². The van der Waals surface area contributed by atoms with E-state index in [-0.39, 0.29) is 12.0 Å². The van der Waals surface area contributed by atoms with E-state index in [4.69, 9.17) is 4.74 Å². The minimum absolute atomic E-state index is 0.0509. The molecule has 22 heavy (non-hydrogen) atoms. The Hall–Kier alpha value is -2.96. The van der Waals surface area contributed by atoms with Crippen LogP contribution in [0.4, 0.5) is 0 Å². The number of para-hydroxylation sites is 2. The van der Waals surface area contributed by atoms with Gasteiger partial charge in [0, 0.05) is 12.4 Å². The van der Waals surface area contributed by atoms with Crippen molar-refractivity contribution in [3.05, 3.63) is 48.7 Å². The summed E-state index contributed by atoms with van der Waals surface area (Å²) in [4.78, 5) is 29.4. The standard InChI is InChI=1S/C15H13N5O2/c21-15(14-18-11-3-1-2-4-12(11)19-14)20-8-10(9-20)22-13-7-16-5-6-17-13/h1-7,10H,8-9H2,(H,18,19). The van der Waals surface area contributed by atoms with E-state index >= 15 is 0 Å². The van der Waals surface area contributed by atoms with E-state index in [1.54, 1.807) is 23.5 Å². The lowest BCUT2D eigenvalue weighted by atomic mass is 10.1. The van der Waals surface area contributed by atoms with Gasteiger partial charge in [-0.15, -0.1) is 0 Å². The Labute approximate surface area is 126 Å². The fourth-order valence-corrected chi connectivity index (χ4v) is 2.40. The molecule has 0 atom stereocenters. The van der Waals surface area contributed by atoms with Crippen LogP contribution in [-0.4, -0.2) is 49.9 Å². The molecule has 3 aromatic rings. The lowest BCUT2D eigenvalue weighted by Gasteiger charge is -2.37. The molecule has 0 unspecified atom stereocenters. The summed E-state index contributed by atoms with van der Waals surface area (Å²) in [5.41, 5.74) is 1.65. The summed E-state index contributed by atoms with van der Waals surface area (Å²) in [5.74, 6) is 0.720. The minimum Gasteiger partial charge on any atom is -0.469 e. The third-order valence-corrected chi connectivity index (χ3v) is 3.55. The van der Waals surface area contributed by atoms with Crippen LogP contribution in [0, 0.1) is 0 Å². The fourth-order valence-electron chi connectivity index (χ4n) is 2.40. The number of rotatable bonds is 3. The molecule has 3 heterocycles. The zero-order chi connectivity index (χ0) is 14.9. The summed E-state index contributed by atoms with van der Waals surface area (Å²) < 4.78 is 5.63. The first-order valence-electron chi connectivity index (χ1n) is 6.96. The first-order chi connectivity index (χ1) is 10.8. The summed E-state index contributed by atoms with van der Waals surface area (Å²) in [6.45, 7) is 1.04. The number of nitrogens with one attached hydrogen (secondary N) is 1. The van der Waals surface area contributed by atoms with Crippen molar-refractivity contribution in [3.8, 4) is 5.88 Å². The average molecular weight is 295 g/mol. The summed E-state index contributed by atoms with van der Waals surface area (Å²) in [6.07, 6.45) is 4.67. The molecule has 2 aromatic heterocycles. The fraction of sp³-hybridized carbons (Fsp3) is 0.200. The molecule has 0 bridgehead atoms. The molecule has 0 spiro atoms. The van der Waals surface area contributed by atoms with Gasteiger partial charge in [-0.3, -0.25) is 9.78 Å².